The highest BCUT2D eigenvalue weighted by atomic mass is 16.6. The molecule has 2 aromatic rings. The van der Waals surface area contributed by atoms with E-state index in [1.807, 2.05) is 58.6 Å². The number of benzene rings is 2. The van der Waals surface area contributed by atoms with Crippen molar-refractivity contribution in [2.75, 3.05) is 0 Å². The van der Waals surface area contributed by atoms with Gasteiger partial charge in [-0.2, -0.15) is 0 Å². The van der Waals surface area contributed by atoms with Gasteiger partial charge < -0.3 is 19.7 Å². The summed E-state index contributed by atoms with van der Waals surface area (Å²) in [5, 5.41) is 3.95. The average molecular weight is 589 g/mol. The fraction of sp³-hybridized carbons (Fsp3) is 0.568. The van der Waals surface area contributed by atoms with E-state index in [2.05, 4.69) is 55.6 Å². The Bertz CT molecular complexity index is 1250. The van der Waals surface area contributed by atoms with Crippen LogP contribution in [-0.4, -0.2) is 46.3 Å². The molecule has 0 aliphatic heterocycles. The van der Waals surface area contributed by atoms with Crippen molar-refractivity contribution in [3.05, 3.63) is 76.9 Å². The predicted octanol–water partition coefficient (Wildman–Crippen LogP) is 8.41. The minimum atomic E-state index is -0.572. The number of nitrogens with zero attached hydrogens (tertiary/aromatic N) is 1. The first kappa shape index (κ1) is 32.8. The van der Waals surface area contributed by atoms with Crippen molar-refractivity contribution in [2.45, 2.75) is 123 Å². The van der Waals surface area contributed by atoms with Crippen molar-refractivity contribution in [3.8, 4) is 0 Å². The second-order valence-electron chi connectivity index (χ2n) is 14.6. The Morgan fingerprint density at radius 3 is 2.05 bits per heavy atom. The van der Waals surface area contributed by atoms with E-state index in [0.717, 1.165) is 31.2 Å². The quantitative estimate of drug-likeness (QED) is 0.298. The van der Waals surface area contributed by atoms with Gasteiger partial charge in [0.05, 0.1) is 5.56 Å². The number of ether oxygens (including phenoxy) is 2. The third kappa shape index (κ3) is 9.96. The van der Waals surface area contributed by atoms with Gasteiger partial charge in [0.25, 0.3) is 0 Å². The second kappa shape index (κ2) is 13.7. The first-order valence-electron chi connectivity index (χ1n) is 16.0. The maximum Gasteiger partial charge on any atom is 0.410 e. The topological polar surface area (TPSA) is 67.9 Å². The minimum absolute atomic E-state index is 0.109. The third-order valence-corrected chi connectivity index (χ3v) is 8.17. The van der Waals surface area contributed by atoms with Gasteiger partial charge in [-0.1, -0.05) is 68.0 Å². The summed E-state index contributed by atoms with van der Waals surface area (Å²) < 4.78 is 11.3. The zero-order valence-electron chi connectivity index (χ0n) is 27.5. The summed E-state index contributed by atoms with van der Waals surface area (Å²) in [4.78, 5) is 27.8. The summed E-state index contributed by atoms with van der Waals surface area (Å²) in [5.41, 5.74) is 3.16. The first-order valence-corrected chi connectivity index (χ1v) is 16.0. The molecule has 0 radical (unpaired) electrons. The highest BCUT2D eigenvalue weighted by Crippen LogP contribution is 2.42. The first-order chi connectivity index (χ1) is 20.2. The van der Waals surface area contributed by atoms with Gasteiger partial charge in [-0.3, -0.25) is 0 Å². The van der Waals surface area contributed by atoms with Gasteiger partial charge >= 0.3 is 12.1 Å². The smallest absolute Gasteiger partial charge is 0.410 e. The third-order valence-electron chi connectivity index (χ3n) is 8.17. The molecule has 234 valence electrons. The van der Waals surface area contributed by atoms with Gasteiger partial charge in [-0.05, 0) is 109 Å². The minimum Gasteiger partial charge on any atom is -0.456 e. The van der Waals surface area contributed by atoms with Gasteiger partial charge in [0.15, 0.2) is 0 Å². The van der Waals surface area contributed by atoms with Crippen LogP contribution in [0.4, 0.5) is 4.79 Å². The second-order valence-corrected chi connectivity index (χ2v) is 14.6. The monoisotopic (exact) mass is 588 g/mol. The number of carbonyl (C=O) groups excluding carboxylic acids is 2. The fourth-order valence-corrected chi connectivity index (χ4v) is 5.99. The zero-order valence-corrected chi connectivity index (χ0v) is 27.5. The molecule has 6 nitrogen and oxygen atoms in total. The van der Waals surface area contributed by atoms with E-state index in [-0.39, 0.29) is 18.1 Å². The number of amides is 1. The number of carbonyl (C=O) groups is 2. The van der Waals surface area contributed by atoms with E-state index in [1.54, 1.807) is 12.1 Å². The van der Waals surface area contributed by atoms with Crippen molar-refractivity contribution in [1.82, 2.24) is 10.2 Å². The van der Waals surface area contributed by atoms with Crippen LogP contribution < -0.4 is 5.32 Å². The Labute approximate surface area is 259 Å². The SMILES string of the molecule is CC(C)/C(=C\c1ccccc1)[C@@H]1CC1NC1CCC(N(Cc2ccc(C(=O)OC(C)(C)C)cc2)C(=O)OC(C)(C)C)CC1. The molecular weight excluding hydrogens is 536 g/mol. The van der Waals surface area contributed by atoms with Crippen LogP contribution in [0.25, 0.3) is 6.08 Å². The maximum atomic E-state index is 13.4. The summed E-state index contributed by atoms with van der Waals surface area (Å²) in [5.74, 6) is 0.774. The number of esters is 1. The van der Waals surface area contributed by atoms with Gasteiger partial charge in [-0.25, -0.2) is 9.59 Å². The predicted molar refractivity (Wildman–Crippen MR) is 174 cm³/mol. The summed E-state index contributed by atoms with van der Waals surface area (Å²) >= 11 is 0. The van der Waals surface area contributed by atoms with Gasteiger partial charge in [-0.15, -0.1) is 0 Å². The highest BCUT2D eigenvalue weighted by Gasteiger charge is 2.42. The van der Waals surface area contributed by atoms with Gasteiger partial charge in [0.1, 0.15) is 11.2 Å². The molecule has 1 unspecified atom stereocenters. The highest BCUT2D eigenvalue weighted by molar-refractivity contribution is 5.89. The Kier molecular flexibility index (Phi) is 10.4. The molecule has 43 heavy (non-hydrogen) atoms. The molecular formula is C37H52N2O4. The van der Waals surface area contributed by atoms with Crippen molar-refractivity contribution >= 4 is 18.1 Å². The zero-order chi connectivity index (χ0) is 31.4. The van der Waals surface area contributed by atoms with Crippen LogP contribution in [-0.2, 0) is 16.0 Å². The molecule has 6 heteroatoms. The van der Waals surface area contributed by atoms with Gasteiger partial charge in [0, 0.05) is 24.7 Å². The number of nitrogens with one attached hydrogen (secondary N) is 1. The van der Waals surface area contributed by atoms with Gasteiger partial charge in [0.2, 0.25) is 0 Å². The Morgan fingerprint density at radius 2 is 1.49 bits per heavy atom. The lowest BCUT2D eigenvalue weighted by molar-refractivity contribution is 0.00616. The molecule has 0 heterocycles. The standard InChI is InChI=1S/C37H52N2O4/c1-25(2)31(22-26-12-10-9-11-13-26)32-23-33(32)38-29-18-20-30(21-19-29)39(35(41)43-37(6,7)8)24-27-14-16-28(17-15-27)34(40)42-36(3,4)5/h9-17,22,25,29-30,32-33,38H,18-21,23-24H2,1-8H3/b31-22+/t29?,30?,32-,33?/m0/s1. The van der Waals surface area contributed by atoms with Crippen LogP contribution in [0.2, 0.25) is 0 Å². The molecule has 4 rings (SSSR count). The van der Waals surface area contributed by atoms with Crippen LogP contribution in [0.15, 0.2) is 60.2 Å². The maximum absolute atomic E-state index is 13.4. The van der Waals surface area contributed by atoms with Crippen molar-refractivity contribution < 1.29 is 19.1 Å². The molecule has 0 aromatic heterocycles. The Hall–Kier alpha value is -3.12. The molecule has 1 amide bonds. The summed E-state index contributed by atoms with van der Waals surface area (Å²) in [6.45, 7) is 16.3. The van der Waals surface area contributed by atoms with E-state index in [0.29, 0.717) is 36.0 Å². The molecule has 2 aliphatic rings. The van der Waals surface area contributed by atoms with Crippen LogP contribution in [0, 0.1) is 11.8 Å². The molecule has 1 N–H and O–H groups in total. The lowest BCUT2D eigenvalue weighted by Gasteiger charge is -2.38. The van der Waals surface area contributed by atoms with E-state index >= 15 is 0 Å². The van der Waals surface area contributed by atoms with E-state index in [9.17, 15) is 9.59 Å². The molecule has 0 spiro atoms. The number of hydrogen-bond donors (Lipinski definition) is 1. The average Bonchev–Trinajstić information content (AvgIpc) is 3.68. The van der Waals surface area contributed by atoms with Crippen molar-refractivity contribution in [1.29, 1.82) is 0 Å². The molecule has 0 saturated heterocycles. The molecule has 2 aliphatic carbocycles. The molecule has 2 fully saturated rings. The van der Waals surface area contributed by atoms with Crippen LogP contribution in [0.5, 0.6) is 0 Å². The van der Waals surface area contributed by atoms with E-state index in [4.69, 9.17) is 9.47 Å². The summed E-state index contributed by atoms with van der Waals surface area (Å²) in [7, 11) is 0. The van der Waals surface area contributed by atoms with Crippen LogP contribution in [0.3, 0.4) is 0 Å². The van der Waals surface area contributed by atoms with Crippen molar-refractivity contribution in [3.63, 3.8) is 0 Å². The molecule has 2 aromatic carbocycles. The van der Waals surface area contributed by atoms with E-state index < -0.39 is 11.2 Å². The molecule has 0 bridgehead atoms. The summed E-state index contributed by atoms with van der Waals surface area (Å²) in [6.07, 6.45) is 7.22. The fourth-order valence-electron chi connectivity index (χ4n) is 5.99. The van der Waals surface area contributed by atoms with Crippen LogP contribution in [0.1, 0.15) is 109 Å². The lowest BCUT2D eigenvalue weighted by Crippen LogP contribution is -2.47. The van der Waals surface area contributed by atoms with E-state index in [1.165, 1.54) is 17.6 Å². The molecule has 2 saturated carbocycles. The Balaban J connectivity index is 1.36. The number of hydrogen-bond acceptors (Lipinski definition) is 5. The summed E-state index contributed by atoms with van der Waals surface area (Å²) in [6, 6.07) is 19.1. The molecule has 2 atom stereocenters. The largest absolute Gasteiger partial charge is 0.456 e. The Morgan fingerprint density at radius 1 is 0.884 bits per heavy atom. The lowest BCUT2D eigenvalue weighted by atomic mass is 9.89. The normalized spacial score (nSPS) is 22.7. The number of rotatable bonds is 9. The van der Waals surface area contributed by atoms with Crippen molar-refractivity contribution in [2.24, 2.45) is 11.8 Å². The van der Waals surface area contributed by atoms with Crippen LogP contribution >= 0.6 is 0 Å².